The summed E-state index contributed by atoms with van der Waals surface area (Å²) in [5, 5.41) is 9.96. The first-order valence-electron chi connectivity index (χ1n) is 6.30. The molecule has 20 heavy (non-hydrogen) atoms. The first-order chi connectivity index (χ1) is 9.63. The van der Waals surface area contributed by atoms with E-state index in [1.165, 1.54) is 12.0 Å². The van der Waals surface area contributed by atoms with Crippen molar-refractivity contribution in [2.75, 3.05) is 26.8 Å². The highest BCUT2D eigenvalue weighted by Crippen LogP contribution is 2.21. The summed E-state index contributed by atoms with van der Waals surface area (Å²) in [4.78, 5) is 13.2. The number of likely N-dealkylation sites (tertiary alicyclic amines) is 1. The van der Waals surface area contributed by atoms with E-state index in [0.29, 0.717) is 0 Å². The molecule has 0 saturated carbocycles. The first-order valence-corrected chi connectivity index (χ1v) is 6.30. The Kier molecular flexibility index (Phi) is 4.61. The summed E-state index contributed by atoms with van der Waals surface area (Å²) >= 11 is 0. The van der Waals surface area contributed by atoms with Crippen molar-refractivity contribution in [3.8, 4) is 11.8 Å². The first kappa shape index (κ1) is 14.4. The Morgan fingerprint density at radius 2 is 2.10 bits per heavy atom. The third-order valence-corrected chi connectivity index (χ3v) is 2.91. The van der Waals surface area contributed by atoms with Crippen molar-refractivity contribution in [2.24, 2.45) is 0 Å². The summed E-state index contributed by atoms with van der Waals surface area (Å²) in [6.07, 6.45) is -0.438. The predicted molar refractivity (Wildman–Crippen MR) is 72.8 cm³/mol. The van der Waals surface area contributed by atoms with Crippen molar-refractivity contribution in [1.29, 1.82) is 0 Å². The van der Waals surface area contributed by atoms with Crippen molar-refractivity contribution in [2.45, 2.75) is 12.2 Å². The van der Waals surface area contributed by atoms with Gasteiger partial charge in [0.15, 0.2) is 5.60 Å². The van der Waals surface area contributed by atoms with Crippen molar-refractivity contribution < 1.29 is 19.4 Å². The van der Waals surface area contributed by atoms with Crippen molar-refractivity contribution in [3.05, 3.63) is 35.9 Å². The van der Waals surface area contributed by atoms with Crippen LogP contribution >= 0.6 is 0 Å². The fraction of sp³-hybridized carbons (Fsp3) is 0.400. The molecule has 1 aliphatic rings. The number of rotatable bonds is 3. The molecule has 0 aliphatic carbocycles. The lowest BCUT2D eigenvalue weighted by atomic mass is 9.96. The van der Waals surface area contributed by atoms with Gasteiger partial charge in [-0.15, -0.1) is 0 Å². The molecule has 5 nitrogen and oxygen atoms in total. The number of carbonyl (C=O) groups is 1. The molecule has 1 aliphatic heterocycles. The van der Waals surface area contributed by atoms with E-state index in [2.05, 4.69) is 11.8 Å². The van der Waals surface area contributed by atoms with Crippen LogP contribution in [-0.4, -0.2) is 48.5 Å². The van der Waals surface area contributed by atoms with Gasteiger partial charge in [0, 0.05) is 7.11 Å². The molecule has 0 spiro atoms. The van der Waals surface area contributed by atoms with Crippen LogP contribution in [0.25, 0.3) is 0 Å². The number of hydrogen-bond acceptors (Lipinski definition) is 4. The maximum atomic E-state index is 11.7. The summed E-state index contributed by atoms with van der Waals surface area (Å²) in [5.74, 6) is 5.38. The van der Waals surface area contributed by atoms with Gasteiger partial charge in [0.05, 0.1) is 13.1 Å². The maximum absolute atomic E-state index is 11.7. The van der Waals surface area contributed by atoms with E-state index in [1.54, 1.807) is 0 Å². The lowest BCUT2D eigenvalue weighted by molar-refractivity contribution is -0.0490. The number of β-amino-alcohol motifs (C(OH)–C–C–N with tert-alkyl or cyclic N) is 1. The highest BCUT2D eigenvalue weighted by Gasteiger charge is 2.43. The van der Waals surface area contributed by atoms with Crippen LogP contribution in [0.15, 0.2) is 30.3 Å². The molecular formula is C15H17NO4. The van der Waals surface area contributed by atoms with Crippen LogP contribution in [0.2, 0.25) is 0 Å². The summed E-state index contributed by atoms with van der Waals surface area (Å²) in [5.41, 5.74) is -0.207. The van der Waals surface area contributed by atoms with Gasteiger partial charge in [-0.05, 0) is 5.56 Å². The van der Waals surface area contributed by atoms with Gasteiger partial charge in [-0.25, -0.2) is 4.79 Å². The zero-order valence-corrected chi connectivity index (χ0v) is 11.3. The minimum absolute atomic E-state index is 0.164. The quantitative estimate of drug-likeness (QED) is 0.837. The van der Waals surface area contributed by atoms with Crippen LogP contribution in [0.3, 0.4) is 0 Å². The normalized spacial score (nSPS) is 15.8. The Morgan fingerprint density at radius 1 is 1.40 bits per heavy atom. The van der Waals surface area contributed by atoms with Gasteiger partial charge >= 0.3 is 6.09 Å². The van der Waals surface area contributed by atoms with Crippen LogP contribution in [0.4, 0.5) is 4.79 Å². The van der Waals surface area contributed by atoms with E-state index in [9.17, 15) is 9.90 Å². The third-order valence-electron chi connectivity index (χ3n) is 2.91. The molecule has 1 heterocycles. The molecule has 0 radical (unpaired) electrons. The van der Waals surface area contributed by atoms with Gasteiger partial charge in [-0.1, -0.05) is 42.2 Å². The SMILES string of the molecule is COCC#CC1(O)CN(C(=O)OCc2ccccc2)C1. The third kappa shape index (κ3) is 3.73. The van der Waals surface area contributed by atoms with Crippen LogP contribution in [-0.2, 0) is 16.1 Å². The van der Waals surface area contributed by atoms with Gasteiger partial charge in [0.25, 0.3) is 0 Å². The van der Waals surface area contributed by atoms with Crippen LogP contribution in [0, 0.1) is 11.8 Å². The average Bonchev–Trinajstić information content (AvgIpc) is 2.43. The lowest BCUT2D eigenvalue weighted by Gasteiger charge is -2.42. The standard InChI is InChI=1S/C15H17NO4/c1-19-9-5-8-15(18)11-16(12-15)14(17)20-10-13-6-3-2-4-7-13/h2-4,6-7,18H,9-12H2,1H3. The average molecular weight is 275 g/mol. The number of nitrogens with zero attached hydrogens (tertiary/aromatic N) is 1. The van der Waals surface area contributed by atoms with E-state index in [1.807, 2.05) is 30.3 Å². The number of hydrogen-bond donors (Lipinski definition) is 1. The number of ether oxygens (including phenoxy) is 2. The molecule has 1 N–H and O–H groups in total. The topological polar surface area (TPSA) is 59.0 Å². The Balaban J connectivity index is 1.75. The van der Waals surface area contributed by atoms with E-state index in [0.717, 1.165) is 5.56 Å². The van der Waals surface area contributed by atoms with Crippen molar-refractivity contribution >= 4 is 6.09 Å². The van der Waals surface area contributed by atoms with Crippen LogP contribution < -0.4 is 0 Å². The Morgan fingerprint density at radius 3 is 2.75 bits per heavy atom. The molecule has 0 bridgehead atoms. The summed E-state index contributed by atoms with van der Waals surface area (Å²) in [7, 11) is 1.53. The second-order valence-corrected chi connectivity index (χ2v) is 4.66. The predicted octanol–water partition coefficient (Wildman–Crippen LogP) is 1.02. The molecule has 1 fully saturated rings. The minimum atomic E-state index is -1.13. The zero-order valence-electron chi connectivity index (χ0n) is 11.3. The van der Waals surface area contributed by atoms with Gasteiger partial charge in [0.1, 0.15) is 13.2 Å². The molecule has 106 valence electrons. The zero-order chi connectivity index (χ0) is 14.4. The van der Waals surface area contributed by atoms with E-state index >= 15 is 0 Å². The fourth-order valence-electron chi connectivity index (χ4n) is 1.88. The summed E-state index contributed by atoms with van der Waals surface area (Å²) < 4.78 is 9.93. The Hall–Kier alpha value is -2.03. The monoisotopic (exact) mass is 275 g/mol. The molecule has 1 aromatic carbocycles. The number of benzene rings is 1. The molecule has 0 unspecified atom stereocenters. The Bertz CT molecular complexity index is 512. The highest BCUT2D eigenvalue weighted by atomic mass is 16.6. The van der Waals surface area contributed by atoms with Crippen molar-refractivity contribution in [3.63, 3.8) is 0 Å². The van der Waals surface area contributed by atoms with Crippen molar-refractivity contribution in [1.82, 2.24) is 4.90 Å². The number of aliphatic hydroxyl groups is 1. The second kappa shape index (κ2) is 6.42. The second-order valence-electron chi connectivity index (χ2n) is 4.66. The molecule has 0 aromatic heterocycles. The van der Waals surface area contributed by atoms with Gasteiger partial charge in [0.2, 0.25) is 0 Å². The van der Waals surface area contributed by atoms with Gasteiger partial charge in [-0.2, -0.15) is 0 Å². The molecule has 1 aromatic rings. The molecule has 1 amide bonds. The summed E-state index contributed by atoms with van der Waals surface area (Å²) in [6, 6.07) is 9.44. The number of methoxy groups -OCH3 is 1. The van der Waals surface area contributed by atoms with E-state index in [-0.39, 0.29) is 26.3 Å². The lowest BCUT2D eigenvalue weighted by Crippen LogP contribution is -2.62. The molecule has 2 rings (SSSR count). The maximum Gasteiger partial charge on any atom is 0.410 e. The molecule has 0 atom stereocenters. The molecule has 1 saturated heterocycles. The van der Waals surface area contributed by atoms with Crippen LogP contribution in [0.1, 0.15) is 5.56 Å². The number of carbonyl (C=O) groups excluding carboxylic acids is 1. The van der Waals surface area contributed by atoms with Gasteiger partial charge in [-0.3, -0.25) is 0 Å². The van der Waals surface area contributed by atoms with E-state index < -0.39 is 11.7 Å². The molecule has 5 heteroatoms. The fourth-order valence-corrected chi connectivity index (χ4v) is 1.88. The largest absolute Gasteiger partial charge is 0.445 e. The molecular weight excluding hydrogens is 258 g/mol. The van der Waals surface area contributed by atoms with Gasteiger partial charge < -0.3 is 19.5 Å². The Labute approximate surface area is 118 Å². The van der Waals surface area contributed by atoms with Crippen LogP contribution in [0.5, 0.6) is 0 Å². The highest BCUT2D eigenvalue weighted by molar-refractivity contribution is 5.69. The minimum Gasteiger partial charge on any atom is -0.445 e. The van der Waals surface area contributed by atoms with E-state index in [4.69, 9.17) is 9.47 Å². The summed E-state index contributed by atoms with van der Waals surface area (Å²) in [6.45, 7) is 0.819. The smallest absolute Gasteiger partial charge is 0.410 e. The number of amides is 1.